The summed E-state index contributed by atoms with van der Waals surface area (Å²) in [7, 11) is 1.22. The third-order valence-corrected chi connectivity index (χ3v) is 3.25. The van der Waals surface area contributed by atoms with Crippen molar-refractivity contribution in [3.05, 3.63) is 44.0 Å². The minimum atomic E-state index is -3.78. The van der Waals surface area contributed by atoms with Gasteiger partial charge in [0.15, 0.2) is 0 Å². The van der Waals surface area contributed by atoms with Crippen LogP contribution >= 0.6 is 10.7 Å². The summed E-state index contributed by atoms with van der Waals surface area (Å²) in [5.74, 6) is -0.479. The van der Waals surface area contributed by atoms with Crippen molar-refractivity contribution in [3.8, 4) is 0 Å². The van der Waals surface area contributed by atoms with Crippen LogP contribution < -0.4 is 0 Å². The molecule has 10 heteroatoms. The SMILES string of the molecule is O=[N+]([O-])c1ccc(CCS(=O)(=O)Cl)c([N+](=O)[O-])c1. The number of aryl methyl sites for hydroxylation is 1. The van der Waals surface area contributed by atoms with Crippen LogP contribution in [0.1, 0.15) is 5.56 Å². The molecule has 0 bridgehead atoms. The molecule has 98 valence electrons. The first-order chi connectivity index (χ1) is 8.20. The van der Waals surface area contributed by atoms with Gasteiger partial charge in [-0.1, -0.05) is 0 Å². The molecule has 0 spiro atoms. The van der Waals surface area contributed by atoms with Crippen molar-refractivity contribution in [2.24, 2.45) is 0 Å². The molecule has 8 nitrogen and oxygen atoms in total. The normalized spacial score (nSPS) is 11.2. The third-order valence-electron chi connectivity index (χ3n) is 2.09. The number of hydrogen-bond donors (Lipinski definition) is 0. The minimum absolute atomic E-state index is 0.0785. The molecule has 0 heterocycles. The molecule has 0 saturated heterocycles. The largest absolute Gasteiger partial charge is 0.279 e. The van der Waals surface area contributed by atoms with E-state index < -0.39 is 36.0 Å². The van der Waals surface area contributed by atoms with Crippen molar-refractivity contribution in [2.75, 3.05) is 5.75 Å². The quantitative estimate of drug-likeness (QED) is 0.462. The Morgan fingerprint density at radius 2 is 1.78 bits per heavy atom. The molecule has 0 fully saturated rings. The summed E-state index contributed by atoms with van der Waals surface area (Å²) in [4.78, 5) is 19.6. The van der Waals surface area contributed by atoms with E-state index in [2.05, 4.69) is 0 Å². The van der Waals surface area contributed by atoms with Crippen LogP contribution in [-0.2, 0) is 15.5 Å². The number of rotatable bonds is 5. The van der Waals surface area contributed by atoms with Crippen LogP contribution in [0.4, 0.5) is 11.4 Å². The standard InChI is InChI=1S/C8H7ClN2O6S/c9-18(16,17)4-3-6-1-2-7(10(12)13)5-8(6)11(14)15/h1-2,5H,3-4H2. The van der Waals surface area contributed by atoms with Crippen molar-refractivity contribution in [3.63, 3.8) is 0 Å². The summed E-state index contributed by atoms with van der Waals surface area (Å²) in [5, 5.41) is 21.2. The average molecular weight is 295 g/mol. The van der Waals surface area contributed by atoms with Gasteiger partial charge in [-0.3, -0.25) is 20.2 Å². The number of nitrogens with zero attached hydrogens (tertiary/aromatic N) is 2. The van der Waals surface area contributed by atoms with Gasteiger partial charge in [-0.2, -0.15) is 0 Å². The lowest BCUT2D eigenvalue weighted by Gasteiger charge is -2.01. The van der Waals surface area contributed by atoms with Crippen molar-refractivity contribution >= 4 is 31.1 Å². The van der Waals surface area contributed by atoms with Gasteiger partial charge in [0.2, 0.25) is 9.05 Å². The highest BCUT2D eigenvalue weighted by Gasteiger charge is 2.20. The van der Waals surface area contributed by atoms with Crippen LogP contribution in [0.15, 0.2) is 18.2 Å². The summed E-state index contributed by atoms with van der Waals surface area (Å²) in [5.41, 5.74) is -0.849. The van der Waals surface area contributed by atoms with Crippen LogP contribution in [0.3, 0.4) is 0 Å². The zero-order valence-electron chi connectivity index (χ0n) is 8.78. The Hall–Kier alpha value is -1.74. The second-order valence-corrected chi connectivity index (χ2v) is 6.22. The van der Waals surface area contributed by atoms with Crippen LogP contribution in [0.2, 0.25) is 0 Å². The lowest BCUT2D eigenvalue weighted by Crippen LogP contribution is -2.04. The molecule has 1 aromatic rings. The maximum Gasteiger partial charge on any atom is 0.279 e. The number of benzene rings is 1. The third kappa shape index (κ3) is 3.93. The molecule has 0 aliphatic rings. The lowest BCUT2D eigenvalue weighted by atomic mass is 10.1. The number of nitro groups is 2. The Bertz CT molecular complexity index is 600. The highest BCUT2D eigenvalue weighted by Crippen LogP contribution is 2.25. The first kappa shape index (κ1) is 14.3. The van der Waals surface area contributed by atoms with Gasteiger partial charge >= 0.3 is 0 Å². The fraction of sp³-hybridized carbons (Fsp3) is 0.250. The Kier molecular flexibility index (Phi) is 4.19. The van der Waals surface area contributed by atoms with E-state index in [1.165, 1.54) is 0 Å². The van der Waals surface area contributed by atoms with Gasteiger partial charge in [-0.05, 0) is 12.5 Å². The van der Waals surface area contributed by atoms with E-state index in [-0.39, 0.29) is 12.0 Å². The zero-order chi connectivity index (χ0) is 13.9. The van der Waals surface area contributed by atoms with Gasteiger partial charge in [-0.15, -0.1) is 0 Å². The maximum atomic E-state index is 10.7. The van der Waals surface area contributed by atoms with E-state index in [9.17, 15) is 28.6 Å². The molecule has 0 amide bonds. The fourth-order valence-corrected chi connectivity index (χ4v) is 1.97. The lowest BCUT2D eigenvalue weighted by molar-refractivity contribution is -0.394. The van der Waals surface area contributed by atoms with Crippen LogP contribution in [0, 0.1) is 20.2 Å². The van der Waals surface area contributed by atoms with Gasteiger partial charge in [-0.25, -0.2) is 8.42 Å². The molecular formula is C8H7ClN2O6S. The molecule has 0 atom stereocenters. The first-order valence-corrected chi connectivity index (χ1v) is 7.02. The molecule has 1 aromatic carbocycles. The molecule has 0 unspecified atom stereocenters. The molecule has 0 aromatic heterocycles. The first-order valence-electron chi connectivity index (χ1n) is 4.55. The number of non-ortho nitro benzene ring substituents is 1. The summed E-state index contributed by atoms with van der Waals surface area (Å²) < 4.78 is 21.5. The smallest absolute Gasteiger partial charge is 0.258 e. The zero-order valence-corrected chi connectivity index (χ0v) is 10.3. The van der Waals surface area contributed by atoms with Crippen molar-refractivity contribution < 1.29 is 18.3 Å². The predicted octanol–water partition coefficient (Wildman–Crippen LogP) is 1.61. The highest BCUT2D eigenvalue weighted by atomic mass is 35.7. The second kappa shape index (κ2) is 5.27. The molecule has 0 radical (unpaired) electrons. The number of nitro benzene ring substituents is 2. The Balaban J connectivity index is 3.12. The topological polar surface area (TPSA) is 120 Å². The van der Waals surface area contributed by atoms with Crippen LogP contribution in [0.25, 0.3) is 0 Å². The molecule has 0 aliphatic heterocycles. The van der Waals surface area contributed by atoms with E-state index in [1.807, 2.05) is 0 Å². The summed E-state index contributed by atoms with van der Waals surface area (Å²) in [6, 6.07) is 3.01. The fourth-order valence-electron chi connectivity index (χ4n) is 1.28. The van der Waals surface area contributed by atoms with Gasteiger partial charge in [0, 0.05) is 22.3 Å². The van der Waals surface area contributed by atoms with E-state index in [0.717, 1.165) is 18.2 Å². The van der Waals surface area contributed by atoms with Crippen LogP contribution in [0.5, 0.6) is 0 Å². The van der Waals surface area contributed by atoms with Gasteiger partial charge in [0.25, 0.3) is 11.4 Å². The van der Waals surface area contributed by atoms with Crippen molar-refractivity contribution in [2.45, 2.75) is 6.42 Å². The monoisotopic (exact) mass is 294 g/mol. The summed E-state index contributed by atoms with van der Waals surface area (Å²) >= 11 is 0. The van der Waals surface area contributed by atoms with E-state index in [1.54, 1.807) is 0 Å². The second-order valence-electron chi connectivity index (χ2n) is 3.32. The molecule has 18 heavy (non-hydrogen) atoms. The van der Waals surface area contributed by atoms with Crippen molar-refractivity contribution in [1.29, 1.82) is 0 Å². The molecular weight excluding hydrogens is 288 g/mol. The maximum absolute atomic E-state index is 10.7. The van der Waals surface area contributed by atoms with Crippen LogP contribution in [-0.4, -0.2) is 24.0 Å². The van der Waals surface area contributed by atoms with Gasteiger partial charge in [0.1, 0.15) is 0 Å². The molecule has 0 N–H and O–H groups in total. The molecule has 0 aliphatic carbocycles. The predicted molar refractivity (Wildman–Crippen MR) is 63.1 cm³/mol. The Labute approximate surface area is 106 Å². The highest BCUT2D eigenvalue weighted by molar-refractivity contribution is 8.13. The van der Waals surface area contributed by atoms with Gasteiger partial charge < -0.3 is 0 Å². The minimum Gasteiger partial charge on any atom is -0.258 e. The van der Waals surface area contributed by atoms with E-state index in [0.29, 0.717) is 0 Å². The molecule has 1 rings (SSSR count). The summed E-state index contributed by atoms with van der Waals surface area (Å²) in [6.07, 6.45) is -0.180. The van der Waals surface area contributed by atoms with E-state index in [4.69, 9.17) is 10.7 Å². The van der Waals surface area contributed by atoms with Crippen molar-refractivity contribution in [1.82, 2.24) is 0 Å². The number of hydrogen-bond acceptors (Lipinski definition) is 6. The average Bonchev–Trinajstić information content (AvgIpc) is 2.24. The Morgan fingerprint density at radius 3 is 2.22 bits per heavy atom. The number of halogens is 1. The van der Waals surface area contributed by atoms with Gasteiger partial charge in [0.05, 0.1) is 21.7 Å². The Morgan fingerprint density at radius 1 is 1.17 bits per heavy atom. The van der Waals surface area contributed by atoms with E-state index >= 15 is 0 Å². The summed E-state index contributed by atoms with van der Waals surface area (Å²) in [6.45, 7) is 0. The molecule has 0 saturated carbocycles.